The molecule has 3 nitrogen and oxygen atoms in total. The van der Waals surface area contributed by atoms with E-state index in [1.807, 2.05) is 6.20 Å². The maximum Gasteiger partial charge on any atom is 0.0665 e. The molecule has 0 saturated heterocycles. The number of hydrogen-bond acceptors (Lipinski definition) is 2. The molecule has 1 aromatic carbocycles. The van der Waals surface area contributed by atoms with Gasteiger partial charge in [0.1, 0.15) is 0 Å². The Labute approximate surface area is 109 Å². The second-order valence-electron chi connectivity index (χ2n) is 5.00. The number of aromatic nitrogens is 2. The zero-order valence-electron chi connectivity index (χ0n) is 11.4. The van der Waals surface area contributed by atoms with Gasteiger partial charge in [-0.2, -0.15) is 5.10 Å². The molecule has 96 valence electrons. The molecule has 0 spiro atoms. The van der Waals surface area contributed by atoms with Crippen molar-refractivity contribution < 1.29 is 0 Å². The molecular formula is C15H21N3. The molecule has 0 bridgehead atoms. The van der Waals surface area contributed by atoms with Gasteiger partial charge < -0.3 is 5.73 Å². The monoisotopic (exact) mass is 243 g/mol. The Balaban J connectivity index is 2.35. The lowest BCUT2D eigenvalue weighted by atomic mass is 10.0. The molecule has 18 heavy (non-hydrogen) atoms. The van der Waals surface area contributed by atoms with Gasteiger partial charge in [-0.3, -0.25) is 4.68 Å². The van der Waals surface area contributed by atoms with Crippen LogP contribution in [0.15, 0.2) is 30.5 Å². The van der Waals surface area contributed by atoms with Gasteiger partial charge in [0, 0.05) is 17.8 Å². The summed E-state index contributed by atoms with van der Waals surface area (Å²) < 4.78 is 2.08. The van der Waals surface area contributed by atoms with Gasteiger partial charge in [0.25, 0.3) is 0 Å². The minimum absolute atomic E-state index is 0.440. The first-order chi connectivity index (χ1) is 8.63. The zero-order valence-corrected chi connectivity index (χ0v) is 11.4. The lowest BCUT2D eigenvalue weighted by molar-refractivity contribution is 0.612. The third kappa shape index (κ3) is 2.46. The van der Waals surface area contributed by atoms with E-state index in [9.17, 15) is 0 Å². The van der Waals surface area contributed by atoms with E-state index >= 15 is 0 Å². The van der Waals surface area contributed by atoms with E-state index in [0.717, 1.165) is 12.1 Å². The summed E-state index contributed by atoms with van der Waals surface area (Å²) in [4.78, 5) is 0. The van der Waals surface area contributed by atoms with Crippen LogP contribution in [-0.4, -0.2) is 9.78 Å². The third-order valence-corrected chi connectivity index (χ3v) is 3.31. The number of hydrogen-bond donors (Lipinski definition) is 1. The minimum atomic E-state index is 0.440. The summed E-state index contributed by atoms with van der Waals surface area (Å²) in [6.45, 7) is 7.88. The van der Waals surface area contributed by atoms with Crippen molar-refractivity contribution in [3.63, 3.8) is 0 Å². The SMILES string of the molecule is Cc1ccccc1Cn1ncc(CN)c1C(C)C. The largest absolute Gasteiger partial charge is 0.326 e. The molecule has 0 fully saturated rings. The van der Waals surface area contributed by atoms with Crippen molar-refractivity contribution in [3.8, 4) is 0 Å². The summed E-state index contributed by atoms with van der Waals surface area (Å²) in [7, 11) is 0. The first kappa shape index (κ1) is 12.8. The molecular weight excluding hydrogens is 222 g/mol. The molecule has 0 amide bonds. The van der Waals surface area contributed by atoms with Crippen molar-refractivity contribution >= 4 is 0 Å². The topological polar surface area (TPSA) is 43.8 Å². The Morgan fingerprint density at radius 1 is 1.22 bits per heavy atom. The summed E-state index contributed by atoms with van der Waals surface area (Å²) in [5.74, 6) is 0.440. The molecule has 0 atom stereocenters. The Kier molecular flexibility index (Phi) is 3.82. The predicted molar refractivity (Wildman–Crippen MR) is 74.5 cm³/mol. The Morgan fingerprint density at radius 2 is 1.94 bits per heavy atom. The summed E-state index contributed by atoms with van der Waals surface area (Å²) in [5, 5.41) is 4.48. The summed E-state index contributed by atoms with van der Waals surface area (Å²) in [5.41, 5.74) is 10.8. The summed E-state index contributed by atoms with van der Waals surface area (Å²) in [6, 6.07) is 8.43. The summed E-state index contributed by atoms with van der Waals surface area (Å²) in [6.07, 6.45) is 1.90. The standard InChI is InChI=1S/C15H21N3/c1-11(2)15-14(8-16)9-17-18(15)10-13-7-5-4-6-12(13)3/h4-7,9,11H,8,10,16H2,1-3H3. The van der Waals surface area contributed by atoms with E-state index in [0.29, 0.717) is 12.5 Å². The highest BCUT2D eigenvalue weighted by Crippen LogP contribution is 2.20. The maximum atomic E-state index is 5.77. The van der Waals surface area contributed by atoms with Crippen molar-refractivity contribution in [1.29, 1.82) is 0 Å². The second kappa shape index (κ2) is 5.36. The van der Waals surface area contributed by atoms with Gasteiger partial charge >= 0.3 is 0 Å². The number of rotatable bonds is 4. The molecule has 0 unspecified atom stereocenters. The van der Waals surface area contributed by atoms with Gasteiger partial charge in [-0.05, 0) is 24.0 Å². The van der Waals surface area contributed by atoms with E-state index in [1.165, 1.54) is 16.8 Å². The quantitative estimate of drug-likeness (QED) is 0.897. The smallest absolute Gasteiger partial charge is 0.0665 e. The fourth-order valence-electron chi connectivity index (χ4n) is 2.33. The molecule has 3 heteroatoms. The van der Waals surface area contributed by atoms with Crippen LogP contribution in [0.5, 0.6) is 0 Å². The zero-order chi connectivity index (χ0) is 13.1. The minimum Gasteiger partial charge on any atom is -0.326 e. The molecule has 0 aliphatic carbocycles. The Morgan fingerprint density at radius 3 is 2.56 bits per heavy atom. The molecule has 2 rings (SSSR count). The summed E-state index contributed by atoms with van der Waals surface area (Å²) >= 11 is 0. The average Bonchev–Trinajstić information content (AvgIpc) is 2.75. The van der Waals surface area contributed by atoms with Gasteiger partial charge in [-0.25, -0.2) is 0 Å². The fourth-order valence-corrected chi connectivity index (χ4v) is 2.33. The van der Waals surface area contributed by atoms with Crippen LogP contribution in [0.4, 0.5) is 0 Å². The lowest BCUT2D eigenvalue weighted by Crippen LogP contribution is -2.11. The average molecular weight is 243 g/mol. The molecule has 0 radical (unpaired) electrons. The number of nitrogens with two attached hydrogens (primary N) is 1. The van der Waals surface area contributed by atoms with Crippen LogP contribution in [0.3, 0.4) is 0 Å². The normalized spacial score (nSPS) is 11.2. The van der Waals surface area contributed by atoms with Crippen molar-refractivity contribution in [2.75, 3.05) is 0 Å². The second-order valence-corrected chi connectivity index (χ2v) is 5.00. The molecule has 0 saturated carbocycles. The Hall–Kier alpha value is -1.61. The van der Waals surface area contributed by atoms with Crippen LogP contribution in [-0.2, 0) is 13.1 Å². The van der Waals surface area contributed by atoms with Crippen molar-refractivity contribution in [2.24, 2.45) is 5.73 Å². The van der Waals surface area contributed by atoms with Gasteiger partial charge in [0.2, 0.25) is 0 Å². The third-order valence-electron chi connectivity index (χ3n) is 3.31. The first-order valence-corrected chi connectivity index (χ1v) is 6.42. The van der Waals surface area contributed by atoms with Crippen molar-refractivity contribution in [1.82, 2.24) is 9.78 Å². The van der Waals surface area contributed by atoms with E-state index in [4.69, 9.17) is 5.73 Å². The van der Waals surface area contributed by atoms with Crippen LogP contribution in [0.25, 0.3) is 0 Å². The molecule has 1 heterocycles. The fraction of sp³-hybridized carbons (Fsp3) is 0.400. The van der Waals surface area contributed by atoms with E-state index < -0.39 is 0 Å². The van der Waals surface area contributed by atoms with Crippen LogP contribution in [0, 0.1) is 6.92 Å². The number of aryl methyl sites for hydroxylation is 1. The van der Waals surface area contributed by atoms with Gasteiger partial charge in [-0.1, -0.05) is 38.1 Å². The van der Waals surface area contributed by atoms with E-state index in [2.05, 4.69) is 54.8 Å². The lowest BCUT2D eigenvalue weighted by Gasteiger charge is -2.13. The highest BCUT2D eigenvalue weighted by atomic mass is 15.3. The van der Waals surface area contributed by atoms with Gasteiger partial charge in [0.15, 0.2) is 0 Å². The maximum absolute atomic E-state index is 5.77. The van der Waals surface area contributed by atoms with Crippen LogP contribution >= 0.6 is 0 Å². The number of nitrogens with zero attached hydrogens (tertiary/aromatic N) is 2. The molecule has 2 N–H and O–H groups in total. The molecule has 1 aromatic heterocycles. The molecule has 0 aliphatic heterocycles. The Bertz CT molecular complexity index is 526. The van der Waals surface area contributed by atoms with E-state index in [-0.39, 0.29) is 0 Å². The molecule has 0 aliphatic rings. The highest BCUT2D eigenvalue weighted by molar-refractivity contribution is 5.28. The van der Waals surface area contributed by atoms with Crippen molar-refractivity contribution in [3.05, 3.63) is 52.8 Å². The van der Waals surface area contributed by atoms with Gasteiger partial charge in [0.05, 0.1) is 12.7 Å². The van der Waals surface area contributed by atoms with Gasteiger partial charge in [-0.15, -0.1) is 0 Å². The van der Waals surface area contributed by atoms with Crippen molar-refractivity contribution in [2.45, 2.75) is 39.8 Å². The highest BCUT2D eigenvalue weighted by Gasteiger charge is 2.13. The first-order valence-electron chi connectivity index (χ1n) is 6.42. The van der Waals surface area contributed by atoms with E-state index in [1.54, 1.807) is 0 Å². The van der Waals surface area contributed by atoms with Crippen LogP contribution in [0.1, 0.15) is 42.1 Å². The van der Waals surface area contributed by atoms with Crippen LogP contribution < -0.4 is 5.73 Å². The number of benzene rings is 1. The predicted octanol–water partition coefficient (Wildman–Crippen LogP) is 2.82. The molecule has 2 aromatic rings. The van der Waals surface area contributed by atoms with Crippen LogP contribution in [0.2, 0.25) is 0 Å².